The van der Waals surface area contributed by atoms with Gasteiger partial charge in [0.1, 0.15) is 5.82 Å². The normalized spacial score (nSPS) is 20.6. The van der Waals surface area contributed by atoms with Crippen molar-refractivity contribution in [3.63, 3.8) is 0 Å². The molecule has 188 valence electrons. The van der Waals surface area contributed by atoms with Crippen LogP contribution in [0, 0.1) is 5.92 Å². The number of nitrogens with zero attached hydrogens (tertiary/aromatic N) is 4. The number of para-hydroxylation sites is 1. The van der Waals surface area contributed by atoms with E-state index in [1.807, 2.05) is 35.0 Å². The number of hydrogen-bond donors (Lipinski definition) is 1. The molecule has 2 saturated heterocycles. The van der Waals surface area contributed by atoms with Crippen LogP contribution in [0.3, 0.4) is 0 Å². The third-order valence-corrected chi connectivity index (χ3v) is 7.99. The predicted octanol–water partition coefficient (Wildman–Crippen LogP) is 4.58. The van der Waals surface area contributed by atoms with Crippen LogP contribution in [0.4, 0.5) is 5.82 Å². The Kier molecular flexibility index (Phi) is 7.82. The second-order valence-corrected chi connectivity index (χ2v) is 10.5. The standard InChI is InChI=1S/C28H39N5O2/c34-27(21-31-18-14-23(15-19-31)28(35)32-16-8-1-2-9-17-32)29-26-20-25(22-10-6-7-11-22)30-33(26)24-12-4-3-5-13-24/h3-5,12-13,20,22-23H,1-2,6-11,14-19,21H2,(H,29,34). The summed E-state index contributed by atoms with van der Waals surface area (Å²) in [5, 5.41) is 8.03. The summed E-state index contributed by atoms with van der Waals surface area (Å²) in [7, 11) is 0. The van der Waals surface area contributed by atoms with E-state index in [1.165, 1.54) is 38.5 Å². The van der Waals surface area contributed by atoms with Gasteiger partial charge in [0.2, 0.25) is 11.8 Å². The van der Waals surface area contributed by atoms with Gasteiger partial charge in [-0.05, 0) is 63.7 Å². The minimum Gasteiger partial charge on any atom is -0.342 e. The summed E-state index contributed by atoms with van der Waals surface area (Å²) in [5.74, 6) is 1.66. The molecular weight excluding hydrogens is 438 g/mol. The molecule has 2 aliphatic heterocycles. The smallest absolute Gasteiger partial charge is 0.239 e. The van der Waals surface area contributed by atoms with Crippen molar-refractivity contribution in [1.82, 2.24) is 19.6 Å². The number of nitrogens with one attached hydrogen (secondary N) is 1. The molecule has 2 amide bonds. The lowest BCUT2D eigenvalue weighted by molar-refractivity contribution is -0.137. The van der Waals surface area contributed by atoms with Gasteiger partial charge in [-0.15, -0.1) is 0 Å². The summed E-state index contributed by atoms with van der Waals surface area (Å²) >= 11 is 0. The maximum atomic E-state index is 13.0. The topological polar surface area (TPSA) is 70.5 Å². The maximum absolute atomic E-state index is 13.0. The second-order valence-electron chi connectivity index (χ2n) is 10.5. The molecule has 1 saturated carbocycles. The molecule has 7 heteroatoms. The zero-order chi connectivity index (χ0) is 24.0. The molecule has 0 spiro atoms. The van der Waals surface area contributed by atoms with Gasteiger partial charge in [-0.2, -0.15) is 5.10 Å². The third kappa shape index (κ3) is 5.95. The van der Waals surface area contributed by atoms with Gasteiger partial charge in [0.15, 0.2) is 0 Å². The lowest BCUT2D eigenvalue weighted by Crippen LogP contribution is -2.44. The number of benzene rings is 1. The van der Waals surface area contributed by atoms with Crippen molar-refractivity contribution in [2.24, 2.45) is 5.92 Å². The van der Waals surface area contributed by atoms with E-state index in [1.54, 1.807) is 0 Å². The summed E-state index contributed by atoms with van der Waals surface area (Å²) < 4.78 is 1.87. The van der Waals surface area contributed by atoms with Crippen LogP contribution >= 0.6 is 0 Å². The van der Waals surface area contributed by atoms with Gasteiger partial charge < -0.3 is 10.2 Å². The van der Waals surface area contributed by atoms with Crippen molar-refractivity contribution in [2.75, 3.05) is 38.0 Å². The minimum absolute atomic E-state index is 0.0163. The molecule has 0 bridgehead atoms. The van der Waals surface area contributed by atoms with Crippen molar-refractivity contribution in [2.45, 2.75) is 70.1 Å². The van der Waals surface area contributed by atoms with Gasteiger partial charge in [-0.1, -0.05) is 43.9 Å². The fraction of sp³-hybridized carbons (Fsp3) is 0.607. The van der Waals surface area contributed by atoms with Gasteiger partial charge in [0.25, 0.3) is 0 Å². The summed E-state index contributed by atoms with van der Waals surface area (Å²) in [6.07, 6.45) is 11.3. The molecule has 7 nitrogen and oxygen atoms in total. The largest absolute Gasteiger partial charge is 0.342 e. The number of piperidine rings is 1. The number of hydrogen-bond acceptors (Lipinski definition) is 4. The number of carbonyl (C=O) groups is 2. The van der Waals surface area contributed by atoms with E-state index in [4.69, 9.17) is 5.10 Å². The van der Waals surface area contributed by atoms with Crippen molar-refractivity contribution < 1.29 is 9.59 Å². The Hall–Kier alpha value is -2.67. The van der Waals surface area contributed by atoms with Gasteiger partial charge in [-0.25, -0.2) is 4.68 Å². The minimum atomic E-state index is -0.0163. The van der Waals surface area contributed by atoms with E-state index < -0.39 is 0 Å². The van der Waals surface area contributed by atoms with Crippen molar-refractivity contribution in [3.05, 3.63) is 42.1 Å². The van der Waals surface area contributed by atoms with E-state index in [2.05, 4.69) is 21.2 Å². The van der Waals surface area contributed by atoms with E-state index in [0.717, 1.165) is 69.1 Å². The predicted molar refractivity (Wildman–Crippen MR) is 138 cm³/mol. The Balaban J connectivity index is 1.18. The van der Waals surface area contributed by atoms with Crippen LogP contribution in [0.25, 0.3) is 5.69 Å². The first-order valence-corrected chi connectivity index (χ1v) is 13.6. The number of anilines is 1. The first-order valence-electron chi connectivity index (χ1n) is 13.6. The fourth-order valence-electron chi connectivity index (χ4n) is 5.95. The molecule has 1 aromatic carbocycles. The molecular formula is C28H39N5O2. The second kappa shape index (κ2) is 11.4. The van der Waals surface area contributed by atoms with Crippen LogP contribution in [0.2, 0.25) is 0 Å². The van der Waals surface area contributed by atoms with E-state index in [-0.39, 0.29) is 11.8 Å². The molecule has 3 fully saturated rings. The maximum Gasteiger partial charge on any atom is 0.239 e. The van der Waals surface area contributed by atoms with Gasteiger partial charge in [0.05, 0.1) is 17.9 Å². The Bertz CT molecular complexity index is 982. The Morgan fingerprint density at radius 1 is 0.857 bits per heavy atom. The lowest BCUT2D eigenvalue weighted by atomic mass is 9.95. The first-order chi connectivity index (χ1) is 17.2. The Morgan fingerprint density at radius 3 is 2.23 bits per heavy atom. The van der Waals surface area contributed by atoms with E-state index >= 15 is 0 Å². The van der Waals surface area contributed by atoms with Crippen molar-refractivity contribution >= 4 is 17.6 Å². The van der Waals surface area contributed by atoms with Gasteiger partial charge >= 0.3 is 0 Å². The number of rotatable bonds is 6. The van der Waals surface area contributed by atoms with Crippen LogP contribution < -0.4 is 5.32 Å². The average molecular weight is 478 g/mol. The average Bonchev–Trinajstić information content (AvgIpc) is 3.48. The summed E-state index contributed by atoms with van der Waals surface area (Å²) in [6, 6.07) is 12.1. The molecule has 0 atom stereocenters. The first kappa shape index (κ1) is 24.0. The van der Waals surface area contributed by atoms with E-state index in [0.29, 0.717) is 18.4 Å². The molecule has 0 unspecified atom stereocenters. The molecule has 1 N–H and O–H groups in total. The number of aromatic nitrogens is 2. The highest BCUT2D eigenvalue weighted by Gasteiger charge is 2.30. The molecule has 2 aromatic rings. The highest BCUT2D eigenvalue weighted by atomic mass is 16.2. The quantitative estimate of drug-likeness (QED) is 0.661. The number of likely N-dealkylation sites (tertiary alicyclic amines) is 2. The zero-order valence-corrected chi connectivity index (χ0v) is 20.8. The van der Waals surface area contributed by atoms with Crippen LogP contribution in [0.5, 0.6) is 0 Å². The Labute approximate surface area is 208 Å². The number of amides is 2. The van der Waals surface area contributed by atoms with Crippen molar-refractivity contribution in [1.29, 1.82) is 0 Å². The summed E-state index contributed by atoms with van der Waals surface area (Å²) in [5.41, 5.74) is 2.04. The van der Waals surface area contributed by atoms with Crippen LogP contribution in [0.1, 0.15) is 75.8 Å². The molecule has 1 aromatic heterocycles. The summed E-state index contributed by atoms with van der Waals surface area (Å²) in [4.78, 5) is 30.3. The number of carbonyl (C=O) groups excluding carboxylic acids is 2. The fourth-order valence-corrected chi connectivity index (χ4v) is 5.95. The summed E-state index contributed by atoms with van der Waals surface area (Å²) in [6.45, 7) is 3.77. The highest BCUT2D eigenvalue weighted by Crippen LogP contribution is 2.35. The van der Waals surface area contributed by atoms with Crippen LogP contribution in [-0.4, -0.2) is 64.1 Å². The SMILES string of the molecule is O=C(CN1CCC(C(=O)N2CCCCCC2)CC1)Nc1cc(C2CCCC2)nn1-c1ccccc1. The van der Waals surface area contributed by atoms with Crippen molar-refractivity contribution in [3.8, 4) is 5.69 Å². The van der Waals surface area contributed by atoms with Gasteiger partial charge in [0, 0.05) is 31.0 Å². The molecule has 35 heavy (non-hydrogen) atoms. The molecule has 0 radical (unpaired) electrons. The Morgan fingerprint density at radius 2 is 1.54 bits per heavy atom. The molecule has 5 rings (SSSR count). The molecule has 3 heterocycles. The van der Waals surface area contributed by atoms with E-state index in [9.17, 15) is 9.59 Å². The highest BCUT2D eigenvalue weighted by molar-refractivity contribution is 5.91. The lowest BCUT2D eigenvalue weighted by Gasteiger charge is -2.33. The molecule has 3 aliphatic rings. The van der Waals surface area contributed by atoms with Gasteiger partial charge in [-0.3, -0.25) is 14.5 Å². The van der Waals surface area contributed by atoms with Crippen LogP contribution in [-0.2, 0) is 9.59 Å². The third-order valence-electron chi connectivity index (χ3n) is 7.99. The molecule has 1 aliphatic carbocycles. The monoisotopic (exact) mass is 477 g/mol. The zero-order valence-electron chi connectivity index (χ0n) is 20.8. The van der Waals surface area contributed by atoms with Crippen LogP contribution in [0.15, 0.2) is 36.4 Å².